The molecule has 0 radical (unpaired) electrons. The summed E-state index contributed by atoms with van der Waals surface area (Å²) < 4.78 is 71.9. The van der Waals surface area contributed by atoms with E-state index in [1.54, 1.807) is 36.4 Å². The zero-order chi connectivity index (χ0) is 38.9. The van der Waals surface area contributed by atoms with Gasteiger partial charge in [0.25, 0.3) is 11.8 Å². The first-order valence-electron chi connectivity index (χ1n) is 17.7. The molecule has 15 heteroatoms. The Morgan fingerprint density at radius 1 is 0.815 bits per heavy atom. The van der Waals surface area contributed by atoms with E-state index in [1.165, 1.54) is 17.0 Å². The number of benzene rings is 4. The van der Waals surface area contributed by atoms with Crippen LogP contribution in [0.5, 0.6) is 5.75 Å². The predicted molar refractivity (Wildman–Crippen MR) is 194 cm³/mol. The van der Waals surface area contributed by atoms with Crippen molar-refractivity contribution in [2.45, 2.75) is 99.8 Å². The van der Waals surface area contributed by atoms with E-state index in [0.717, 1.165) is 52.1 Å². The van der Waals surface area contributed by atoms with Gasteiger partial charge in [0, 0.05) is 28.2 Å². The molecule has 0 spiro atoms. The molecule has 54 heavy (non-hydrogen) atoms. The topological polar surface area (TPSA) is 142 Å². The van der Waals surface area contributed by atoms with Crippen LogP contribution in [-0.4, -0.2) is 69.3 Å². The van der Waals surface area contributed by atoms with Gasteiger partial charge < -0.3 is 30.9 Å². The quantitative estimate of drug-likeness (QED) is 0.135. The van der Waals surface area contributed by atoms with Gasteiger partial charge in [-0.25, -0.2) is 4.79 Å². The number of rotatable bonds is 8. The molecule has 1 saturated carbocycles. The number of carboxylic acids is 1. The summed E-state index contributed by atoms with van der Waals surface area (Å²) >= 11 is 3.41. The summed E-state index contributed by atoms with van der Waals surface area (Å²) in [5.74, 6) is -7.72. The Bertz CT molecular complexity index is 2030. The van der Waals surface area contributed by atoms with Crippen molar-refractivity contribution in [3.05, 3.63) is 88.4 Å². The van der Waals surface area contributed by atoms with Gasteiger partial charge in [0.1, 0.15) is 5.75 Å². The molecule has 3 aliphatic rings. The van der Waals surface area contributed by atoms with Crippen LogP contribution in [0.4, 0.5) is 22.0 Å². The molecule has 1 aliphatic carbocycles. The number of carboxylic acid groups (broad SMARTS) is 1. The van der Waals surface area contributed by atoms with Crippen LogP contribution >= 0.6 is 15.9 Å². The number of carbonyl (C=O) groups is 3. The van der Waals surface area contributed by atoms with Crippen LogP contribution in [0.2, 0.25) is 0 Å². The average molecular weight is 821 g/mol. The maximum atomic E-state index is 16.6. The number of nitrogens with one attached hydrogen (secondary N) is 1. The number of carbonyl (C=O) groups excluding carboxylic acids is 2. The minimum atomic E-state index is -5.08. The minimum Gasteiger partial charge on any atom is -0.490 e. The van der Waals surface area contributed by atoms with Crippen LogP contribution in [0, 0.1) is 0 Å². The molecule has 9 nitrogen and oxygen atoms in total. The van der Waals surface area contributed by atoms with Crippen molar-refractivity contribution < 1.29 is 51.3 Å². The largest absolute Gasteiger partial charge is 0.490 e. The first-order chi connectivity index (χ1) is 25.5. The van der Waals surface area contributed by atoms with Gasteiger partial charge in [0.15, 0.2) is 12.1 Å². The zero-order valence-corrected chi connectivity index (χ0v) is 30.5. The van der Waals surface area contributed by atoms with Gasteiger partial charge in [-0.15, -0.1) is 0 Å². The van der Waals surface area contributed by atoms with E-state index in [9.17, 15) is 27.9 Å². The highest BCUT2D eigenvalue weighted by atomic mass is 79.9. The number of ether oxygens (including phenoxy) is 1. The number of amides is 2. The third kappa shape index (κ3) is 8.63. The molecular weight excluding hydrogens is 781 g/mol. The molecule has 0 aromatic heterocycles. The van der Waals surface area contributed by atoms with Crippen molar-refractivity contribution in [1.29, 1.82) is 0 Å². The number of fused-ring (bicyclic) bond motifs is 4. The van der Waals surface area contributed by atoms with Crippen LogP contribution < -0.4 is 15.8 Å². The first-order valence-corrected chi connectivity index (χ1v) is 18.4. The number of piperidine rings is 1. The number of halogens is 6. The number of alkyl halides is 5. The molecule has 2 bridgehead atoms. The summed E-state index contributed by atoms with van der Waals surface area (Å²) in [5, 5.41) is 23.5. The summed E-state index contributed by atoms with van der Waals surface area (Å²) in [6, 6.07) is 17.3. The molecule has 4 aromatic carbocycles. The number of nitrogens with two attached hydrogens (primary N) is 1. The number of hydrogen-bond donors (Lipinski definition) is 4. The third-order valence-electron chi connectivity index (χ3n) is 10.4. The molecular formula is C39H39BrF5N3O6. The van der Waals surface area contributed by atoms with E-state index in [2.05, 4.69) is 21.2 Å². The molecule has 2 amide bonds. The lowest BCUT2D eigenvalue weighted by atomic mass is 9.93. The maximum Gasteiger partial charge on any atom is 0.490 e. The van der Waals surface area contributed by atoms with Crippen molar-refractivity contribution >= 4 is 55.3 Å². The molecule has 4 atom stereocenters. The van der Waals surface area contributed by atoms with E-state index in [1.807, 2.05) is 24.3 Å². The lowest BCUT2D eigenvalue weighted by Gasteiger charge is -2.41. The Hall–Kier alpha value is -4.34. The van der Waals surface area contributed by atoms with Crippen molar-refractivity contribution in [3.63, 3.8) is 0 Å². The van der Waals surface area contributed by atoms with Gasteiger partial charge in [-0.05, 0) is 115 Å². The fourth-order valence-electron chi connectivity index (χ4n) is 7.68. The van der Waals surface area contributed by atoms with Crippen molar-refractivity contribution in [1.82, 2.24) is 10.2 Å². The van der Waals surface area contributed by atoms with Crippen molar-refractivity contribution in [3.8, 4) is 5.75 Å². The summed E-state index contributed by atoms with van der Waals surface area (Å²) in [4.78, 5) is 38.1. The number of hydrogen-bond acceptors (Lipinski definition) is 6. The summed E-state index contributed by atoms with van der Waals surface area (Å²) in [6.07, 6.45) is 0.127. The standard InChI is InChI=1S/C37H38BrF2N3O4.C2HF3O2/c38-27-11-8-22-16-26(10-7-23(22)17-27)37(39,40)34(36(46)43-29-12-13-30(43)20-28(41)19-29)42-35(45)33(44)25-6-5-24-18-32(14-9-21(24)15-25)47-31-3-1-2-4-31;3-2(4,5)1(6)7/h5-11,14-18,28-31,33-34,44H,1-4,12-13,19-20,41H2,(H,42,45);(H,6,7). The van der Waals surface area contributed by atoms with Gasteiger partial charge in [-0.1, -0.05) is 52.3 Å². The number of aliphatic carboxylic acids is 1. The average Bonchev–Trinajstić information content (AvgIpc) is 3.74. The highest BCUT2D eigenvalue weighted by Gasteiger charge is 2.53. The first kappa shape index (κ1) is 39.4. The zero-order valence-electron chi connectivity index (χ0n) is 28.9. The van der Waals surface area contributed by atoms with Crippen molar-refractivity contribution in [2.24, 2.45) is 5.73 Å². The summed E-state index contributed by atoms with van der Waals surface area (Å²) in [6.45, 7) is 0. The van der Waals surface area contributed by atoms with Gasteiger partial charge in [0.2, 0.25) is 0 Å². The number of nitrogens with zero attached hydrogens (tertiary/aromatic N) is 1. The van der Waals surface area contributed by atoms with Crippen LogP contribution in [0.15, 0.2) is 77.3 Å². The molecule has 2 aliphatic heterocycles. The monoisotopic (exact) mass is 819 g/mol. The lowest BCUT2D eigenvalue weighted by Crippen LogP contribution is -2.61. The van der Waals surface area contributed by atoms with Gasteiger partial charge in [0.05, 0.1) is 6.10 Å². The SMILES string of the molecule is NC1CC2CCC(C1)N2C(=O)C(NC(=O)C(O)c1ccc2cc(OC3CCCC3)ccc2c1)C(F)(F)c1ccc2cc(Br)ccc2c1.O=C(O)C(F)(F)F. The second-order valence-corrected chi connectivity index (χ2v) is 15.0. The smallest absolute Gasteiger partial charge is 0.490 e. The highest BCUT2D eigenvalue weighted by molar-refractivity contribution is 9.10. The molecule has 5 N–H and O–H groups in total. The van der Waals surface area contributed by atoms with Gasteiger partial charge in [-0.3, -0.25) is 9.59 Å². The molecule has 288 valence electrons. The second-order valence-electron chi connectivity index (χ2n) is 14.1. The Morgan fingerprint density at radius 2 is 1.37 bits per heavy atom. The second kappa shape index (κ2) is 15.8. The molecule has 2 saturated heterocycles. The predicted octanol–water partition coefficient (Wildman–Crippen LogP) is 7.50. The van der Waals surface area contributed by atoms with E-state index < -0.39 is 47.6 Å². The Morgan fingerprint density at radius 3 is 2.02 bits per heavy atom. The minimum absolute atomic E-state index is 0.106. The fourth-order valence-corrected chi connectivity index (χ4v) is 8.06. The van der Waals surface area contributed by atoms with E-state index in [0.29, 0.717) is 31.1 Å². The normalized spacial score (nSPS) is 21.3. The Kier molecular flexibility index (Phi) is 11.5. The summed E-state index contributed by atoms with van der Waals surface area (Å²) in [5.41, 5.74) is 6.03. The Labute approximate surface area is 315 Å². The van der Waals surface area contributed by atoms with Crippen molar-refractivity contribution in [2.75, 3.05) is 0 Å². The third-order valence-corrected chi connectivity index (χ3v) is 10.8. The molecule has 7 rings (SSSR count). The van der Waals surface area contributed by atoms with Crippen LogP contribution in [0.25, 0.3) is 21.5 Å². The molecule has 2 heterocycles. The maximum absolute atomic E-state index is 16.6. The van der Waals surface area contributed by atoms with E-state index in [-0.39, 0.29) is 29.8 Å². The molecule has 4 unspecified atom stereocenters. The molecule has 3 fully saturated rings. The highest BCUT2D eigenvalue weighted by Crippen LogP contribution is 2.40. The molecule has 4 aromatic rings. The van der Waals surface area contributed by atoms with E-state index in [4.69, 9.17) is 20.4 Å². The fraction of sp³-hybridized carbons (Fsp3) is 0.410. The summed E-state index contributed by atoms with van der Waals surface area (Å²) in [7, 11) is 0. The Balaban J connectivity index is 0.000000649. The van der Waals surface area contributed by atoms with Gasteiger partial charge >= 0.3 is 18.1 Å². The van der Waals surface area contributed by atoms with Crippen LogP contribution in [-0.2, 0) is 20.3 Å². The van der Waals surface area contributed by atoms with Crippen LogP contribution in [0.1, 0.15) is 68.6 Å². The van der Waals surface area contributed by atoms with E-state index >= 15 is 8.78 Å². The van der Waals surface area contributed by atoms with Crippen LogP contribution in [0.3, 0.4) is 0 Å². The number of aliphatic hydroxyl groups excluding tert-OH is 1. The lowest BCUT2D eigenvalue weighted by molar-refractivity contribution is -0.192. The van der Waals surface area contributed by atoms with Gasteiger partial charge in [-0.2, -0.15) is 22.0 Å². The number of aliphatic hydroxyl groups is 1.